The van der Waals surface area contributed by atoms with Crippen LogP contribution in [0.1, 0.15) is 32.0 Å². The largest absolute Gasteiger partial charge is 0.323 e. The first-order chi connectivity index (χ1) is 6.11. The third-order valence-corrected chi connectivity index (χ3v) is 2.18. The SMILES string of the molecule is CC(C)CC(N)c1ncccc1Cl. The number of halogens is 1. The number of nitrogens with zero attached hydrogens (tertiary/aromatic N) is 1. The van der Waals surface area contributed by atoms with Crippen molar-refractivity contribution in [2.45, 2.75) is 26.3 Å². The summed E-state index contributed by atoms with van der Waals surface area (Å²) in [6.07, 6.45) is 2.64. The van der Waals surface area contributed by atoms with Crippen molar-refractivity contribution in [1.29, 1.82) is 0 Å². The molecule has 0 spiro atoms. The molecular weight excluding hydrogens is 184 g/mol. The monoisotopic (exact) mass is 198 g/mol. The third-order valence-electron chi connectivity index (χ3n) is 1.86. The van der Waals surface area contributed by atoms with E-state index in [0.717, 1.165) is 12.1 Å². The van der Waals surface area contributed by atoms with Gasteiger partial charge in [0, 0.05) is 12.2 Å². The highest BCUT2D eigenvalue weighted by Crippen LogP contribution is 2.23. The molecule has 0 aliphatic rings. The lowest BCUT2D eigenvalue weighted by Gasteiger charge is -2.14. The summed E-state index contributed by atoms with van der Waals surface area (Å²) < 4.78 is 0. The molecule has 2 N–H and O–H groups in total. The molecule has 1 aromatic rings. The molecular formula is C10H15ClN2. The Hall–Kier alpha value is -0.600. The van der Waals surface area contributed by atoms with Crippen LogP contribution < -0.4 is 5.73 Å². The molecule has 3 heteroatoms. The molecule has 1 atom stereocenters. The average molecular weight is 199 g/mol. The molecule has 72 valence electrons. The summed E-state index contributed by atoms with van der Waals surface area (Å²) in [5, 5.41) is 0.663. The predicted molar refractivity (Wildman–Crippen MR) is 55.6 cm³/mol. The number of hydrogen-bond acceptors (Lipinski definition) is 2. The van der Waals surface area contributed by atoms with Crippen LogP contribution in [-0.4, -0.2) is 4.98 Å². The van der Waals surface area contributed by atoms with E-state index in [0.29, 0.717) is 10.9 Å². The van der Waals surface area contributed by atoms with Gasteiger partial charge in [0.2, 0.25) is 0 Å². The predicted octanol–water partition coefficient (Wildman–Crippen LogP) is 2.78. The van der Waals surface area contributed by atoms with E-state index >= 15 is 0 Å². The number of rotatable bonds is 3. The maximum absolute atomic E-state index is 5.96. The lowest BCUT2D eigenvalue weighted by atomic mass is 10.0. The first-order valence-electron chi connectivity index (χ1n) is 4.47. The van der Waals surface area contributed by atoms with Crippen molar-refractivity contribution in [1.82, 2.24) is 4.98 Å². The van der Waals surface area contributed by atoms with Gasteiger partial charge in [0.1, 0.15) is 0 Å². The van der Waals surface area contributed by atoms with Gasteiger partial charge in [-0.15, -0.1) is 0 Å². The van der Waals surface area contributed by atoms with E-state index < -0.39 is 0 Å². The average Bonchev–Trinajstić information content (AvgIpc) is 2.03. The lowest BCUT2D eigenvalue weighted by Crippen LogP contribution is -2.14. The summed E-state index contributed by atoms with van der Waals surface area (Å²) in [4.78, 5) is 4.17. The molecule has 1 unspecified atom stereocenters. The Kier molecular flexibility index (Phi) is 3.70. The Bertz CT molecular complexity index is 273. The summed E-state index contributed by atoms with van der Waals surface area (Å²) in [5.41, 5.74) is 6.75. The lowest BCUT2D eigenvalue weighted by molar-refractivity contribution is 0.502. The Labute approximate surface area is 84.1 Å². The van der Waals surface area contributed by atoms with Gasteiger partial charge < -0.3 is 5.73 Å². The highest BCUT2D eigenvalue weighted by Gasteiger charge is 2.12. The van der Waals surface area contributed by atoms with Crippen molar-refractivity contribution in [2.24, 2.45) is 11.7 Å². The topological polar surface area (TPSA) is 38.9 Å². The van der Waals surface area contributed by atoms with Crippen LogP contribution in [0.2, 0.25) is 5.02 Å². The highest BCUT2D eigenvalue weighted by atomic mass is 35.5. The van der Waals surface area contributed by atoms with Crippen molar-refractivity contribution in [3.63, 3.8) is 0 Å². The molecule has 0 saturated carbocycles. The van der Waals surface area contributed by atoms with Gasteiger partial charge in [-0.1, -0.05) is 25.4 Å². The quantitative estimate of drug-likeness (QED) is 0.811. The van der Waals surface area contributed by atoms with E-state index in [1.807, 2.05) is 12.1 Å². The van der Waals surface area contributed by atoms with Gasteiger partial charge in [-0.3, -0.25) is 4.98 Å². The Morgan fingerprint density at radius 3 is 2.77 bits per heavy atom. The van der Waals surface area contributed by atoms with Crippen LogP contribution in [0.4, 0.5) is 0 Å². The van der Waals surface area contributed by atoms with Gasteiger partial charge in [-0.25, -0.2) is 0 Å². The smallest absolute Gasteiger partial charge is 0.0756 e. The highest BCUT2D eigenvalue weighted by molar-refractivity contribution is 6.31. The summed E-state index contributed by atoms with van der Waals surface area (Å²) in [5.74, 6) is 0.563. The maximum atomic E-state index is 5.96. The Morgan fingerprint density at radius 2 is 2.23 bits per heavy atom. The van der Waals surface area contributed by atoms with Gasteiger partial charge in [0.05, 0.1) is 10.7 Å². The van der Waals surface area contributed by atoms with Gasteiger partial charge in [0.15, 0.2) is 0 Å². The minimum absolute atomic E-state index is 0.0475. The summed E-state index contributed by atoms with van der Waals surface area (Å²) in [7, 11) is 0. The van der Waals surface area contributed by atoms with E-state index in [1.165, 1.54) is 0 Å². The van der Waals surface area contributed by atoms with Crippen LogP contribution in [0.15, 0.2) is 18.3 Å². The fourth-order valence-corrected chi connectivity index (χ4v) is 1.55. The summed E-state index contributed by atoms with van der Waals surface area (Å²) in [6.45, 7) is 4.27. The fourth-order valence-electron chi connectivity index (χ4n) is 1.29. The van der Waals surface area contributed by atoms with E-state index in [-0.39, 0.29) is 6.04 Å². The minimum atomic E-state index is -0.0475. The zero-order chi connectivity index (χ0) is 9.84. The molecule has 2 nitrogen and oxygen atoms in total. The molecule has 13 heavy (non-hydrogen) atoms. The van der Waals surface area contributed by atoms with E-state index in [9.17, 15) is 0 Å². The summed E-state index contributed by atoms with van der Waals surface area (Å²) in [6, 6.07) is 3.59. The number of nitrogens with two attached hydrogens (primary N) is 1. The van der Waals surface area contributed by atoms with Crippen molar-refractivity contribution in [2.75, 3.05) is 0 Å². The number of aromatic nitrogens is 1. The van der Waals surface area contributed by atoms with Crippen molar-refractivity contribution < 1.29 is 0 Å². The van der Waals surface area contributed by atoms with Crippen LogP contribution in [0, 0.1) is 5.92 Å². The Balaban J connectivity index is 2.76. The minimum Gasteiger partial charge on any atom is -0.323 e. The van der Waals surface area contributed by atoms with Gasteiger partial charge in [-0.2, -0.15) is 0 Å². The zero-order valence-electron chi connectivity index (χ0n) is 8.00. The fraction of sp³-hybridized carbons (Fsp3) is 0.500. The number of pyridine rings is 1. The molecule has 0 saturated heterocycles. The molecule has 0 radical (unpaired) electrons. The van der Waals surface area contributed by atoms with Crippen LogP contribution in [0.5, 0.6) is 0 Å². The molecule has 0 amide bonds. The molecule has 1 heterocycles. The molecule has 0 fully saturated rings. The molecule has 0 aromatic carbocycles. The molecule has 0 aliphatic carbocycles. The van der Waals surface area contributed by atoms with E-state index in [4.69, 9.17) is 17.3 Å². The van der Waals surface area contributed by atoms with Gasteiger partial charge in [-0.05, 0) is 24.5 Å². The first-order valence-corrected chi connectivity index (χ1v) is 4.85. The van der Waals surface area contributed by atoms with Crippen molar-refractivity contribution >= 4 is 11.6 Å². The maximum Gasteiger partial charge on any atom is 0.0756 e. The summed E-state index contributed by atoms with van der Waals surface area (Å²) >= 11 is 5.96. The zero-order valence-corrected chi connectivity index (χ0v) is 8.75. The van der Waals surface area contributed by atoms with Crippen molar-refractivity contribution in [3.05, 3.63) is 29.0 Å². The number of hydrogen-bond donors (Lipinski definition) is 1. The van der Waals surface area contributed by atoms with Gasteiger partial charge in [0.25, 0.3) is 0 Å². The second kappa shape index (κ2) is 4.58. The van der Waals surface area contributed by atoms with Gasteiger partial charge >= 0.3 is 0 Å². The standard InChI is InChI=1S/C10H15ClN2/c1-7(2)6-9(12)10-8(11)4-3-5-13-10/h3-5,7,9H,6,12H2,1-2H3. The van der Waals surface area contributed by atoms with E-state index in [1.54, 1.807) is 6.20 Å². The molecule has 1 aromatic heterocycles. The van der Waals surface area contributed by atoms with E-state index in [2.05, 4.69) is 18.8 Å². The normalized spacial score (nSPS) is 13.3. The van der Waals surface area contributed by atoms with Crippen LogP contribution >= 0.6 is 11.6 Å². The first kappa shape index (κ1) is 10.5. The second-order valence-electron chi connectivity index (χ2n) is 3.61. The third kappa shape index (κ3) is 2.98. The van der Waals surface area contributed by atoms with Crippen LogP contribution in [0.25, 0.3) is 0 Å². The Morgan fingerprint density at radius 1 is 1.54 bits per heavy atom. The van der Waals surface area contributed by atoms with Crippen LogP contribution in [0.3, 0.4) is 0 Å². The van der Waals surface area contributed by atoms with Crippen LogP contribution in [-0.2, 0) is 0 Å². The molecule has 0 aliphatic heterocycles. The molecule has 1 rings (SSSR count). The molecule has 0 bridgehead atoms. The van der Waals surface area contributed by atoms with Crippen molar-refractivity contribution in [3.8, 4) is 0 Å². The second-order valence-corrected chi connectivity index (χ2v) is 4.01.